The molecule has 0 saturated carbocycles. The molecule has 6 nitrogen and oxygen atoms in total. The maximum absolute atomic E-state index is 13.0. The molecule has 0 spiro atoms. The van der Waals surface area contributed by atoms with Crippen LogP contribution in [0.5, 0.6) is 0 Å². The molecule has 9 heteroatoms. The Morgan fingerprint density at radius 2 is 1.80 bits per heavy atom. The molecule has 2 saturated heterocycles. The molecule has 1 atom stereocenters. The van der Waals surface area contributed by atoms with Crippen molar-refractivity contribution in [2.45, 2.75) is 30.2 Å². The normalized spacial score (nSPS) is 22.3. The smallest absolute Gasteiger partial charge is 0.243 e. The molecule has 2 aliphatic rings. The summed E-state index contributed by atoms with van der Waals surface area (Å²) in [7, 11) is -3.66. The molecule has 0 aromatic heterocycles. The summed E-state index contributed by atoms with van der Waals surface area (Å²) in [5.41, 5.74) is 0. The Morgan fingerprint density at radius 3 is 2.44 bits per heavy atom. The molecule has 0 bridgehead atoms. The van der Waals surface area contributed by atoms with Crippen molar-refractivity contribution in [3.8, 4) is 0 Å². The van der Waals surface area contributed by atoms with E-state index in [-0.39, 0.29) is 35.8 Å². The first-order chi connectivity index (χ1) is 11.5. The van der Waals surface area contributed by atoms with Gasteiger partial charge in [-0.2, -0.15) is 4.31 Å². The third kappa shape index (κ3) is 4.49. The number of rotatable bonds is 3. The highest BCUT2D eigenvalue weighted by molar-refractivity contribution is 7.89. The molecule has 1 amide bonds. The number of carbonyl (C=O) groups is 1. The molecule has 2 aliphatic heterocycles. The van der Waals surface area contributed by atoms with E-state index in [9.17, 15) is 17.6 Å². The zero-order valence-corrected chi connectivity index (χ0v) is 15.5. The van der Waals surface area contributed by atoms with Gasteiger partial charge in [-0.1, -0.05) is 0 Å². The lowest BCUT2D eigenvalue weighted by atomic mass is 10.2. The van der Waals surface area contributed by atoms with Crippen molar-refractivity contribution in [3.05, 3.63) is 30.1 Å². The molecule has 0 aliphatic carbocycles. The topological polar surface area (TPSA) is 69.7 Å². The first-order valence-corrected chi connectivity index (χ1v) is 9.70. The Bertz CT molecular complexity index is 693. The fourth-order valence-corrected chi connectivity index (χ4v) is 4.70. The summed E-state index contributed by atoms with van der Waals surface area (Å²) >= 11 is 0. The van der Waals surface area contributed by atoms with Gasteiger partial charge in [-0.05, 0) is 50.1 Å². The third-order valence-corrected chi connectivity index (χ3v) is 6.49. The second-order valence-corrected chi connectivity index (χ2v) is 8.12. The van der Waals surface area contributed by atoms with Gasteiger partial charge in [0.2, 0.25) is 15.9 Å². The van der Waals surface area contributed by atoms with Gasteiger partial charge in [0.1, 0.15) is 5.82 Å². The van der Waals surface area contributed by atoms with Crippen LogP contribution in [0.2, 0.25) is 0 Å². The van der Waals surface area contributed by atoms with E-state index < -0.39 is 15.8 Å². The van der Waals surface area contributed by atoms with Crippen LogP contribution in [0.4, 0.5) is 4.39 Å². The molecule has 2 heterocycles. The summed E-state index contributed by atoms with van der Waals surface area (Å²) in [6.07, 6.45) is 2.43. The summed E-state index contributed by atoms with van der Waals surface area (Å²) in [6, 6.07) is 4.71. The lowest BCUT2D eigenvalue weighted by Crippen LogP contribution is -2.45. The summed E-state index contributed by atoms with van der Waals surface area (Å²) in [5.74, 6) is -0.404. The molecule has 3 rings (SSSR count). The Morgan fingerprint density at radius 1 is 1.08 bits per heavy atom. The molecular weight excluding hydrogens is 369 g/mol. The van der Waals surface area contributed by atoms with Gasteiger partial charge in [0.15, 0.2) is 0 Å². The minimum absolute atomic E-state index is 0. The van der Waals surface area contributed by atoms with Gasteiger partial charge in [0.25, 0.3) is 0 Å². The highest BCUT2D eigenvalue weighted by Gasteiger charge is 2.31. The number of nitrogens with one attached hydrogen (secondary N) is 1. The van der Waals surface area contributed by atoms with E-state index >= 15 is 0 Å². The average Bonchev–Trinajstić information content (AvgIpc) is 2.98. The van der Waals surface area contributed by atoms with Crippen LogP contribution < -0.4 is 5.32 Å². The minimum Gasteiger partial charge on any atom is -0.340 e. The average molecular weight is 392 g/mol. The summed E-state index contributed by atoms with van der Waals surface area (Å²) in [5, 5.41) is 3.19. The number of amides is 1. The van der Waals surface area contributed by atoms with E-state index in [1.54, 1.807) is 4.90 Å². The number of carbonyl (C=O) groups excluding carboxylic acids is 1. The highest BCUT2D eigenvalue weighted by Crippen LogP contribution is 2.19. The summed E-state index contributed by atoms with van der Waals surface area (Å²) in [4.78, 5) is 14.3. The van der Waals surface area contributed by atoms with Crippen molar-refractivity contribution in [1.29, 1.82) is 0 Å². The largest absolute Gasteiger partial charge is 0.340 e. The Kier molecular flexibility index (Phi) is 6.79. The van der Waals surface area contributed by atoms with Crippen LogP contribution in [0.3, 0.4) is 0 Å². The Labute approximate surface area is 153 Å². The molecule has 2 fully saturated rings. The van der Waals surface area contributed by atoms with E-state index in [0.717, 1.165) is 31.5 Å². The third-order valence-electron chi connectivity index (χ3n) is 4.58. The van der Waals surface area contributed by atoms with Crippen LogP contribution in [-0.4, -0.2) is 62.3 Å². The first kappa shape index (κ1) is 20.1. The fraction of sp³-hybridized carbons (Fsp3) is 0.562. The van der Waals surface area contributed by atoms with Crippen LogP contribution in [0, 0.1) is 5.82 Å². The van der Waals surface area contributed by atoms with Crippen molar-refractivity contribution in [1.82, 2.24) is 14.5 Å². The van der Waals surface area contributed by atoms with Gasteiger partial charge in [0, 0.05) is 26.2 Å². The quantitative estimate of drug-likeness (QED) is 0.841. The van der Waals surface area contributed by atoms with E-state index in [4.69, 9.17) is 0 Å². The molecular formula is C16H23ClFN3O3S. The maximum atomic E-state index is 13.0. The number of benzene rings is 1. The minimum atomic E-state index is -3.66. The molecule has 140 valence electrons. The van der Waals surface area contributed by atoms with Crippen molar-refractivity contribution < 1.29 is 17.6 Å². The molecule has 1 aromatic rings. The zero-order valence-electron chi connectivity index (χ0n) is 13.9. The predicted molar refractivity (Wildman–Crippen MR) is 94.6 cm³/mol. The van der Waals surface area contributed by atoms with E-state index in [1.165, 1.54) is 16.4 Å². The van der Waals surface area contributed by atoms with Crippen molar-refractivity contribution in [3.63, 3.8) is 0 Å². The Balaban J connectivity index is 0.00000225. The number of sulfonamides is 1. The molecule has 1 aromatic carbocycles. The van der Waals surface area contributed by atoms with Gasteiger partial charge < -0.3 is 10.2 Å². The molecule has 1 N–H and O–H groups in total. The Hall–Kier alpha value is -1.22. The van der Waals surface area contributed by atoms with Crippen LogP contribution in [0.1, 0.15) is 19.3 Å². The molecule has 1 unspecified atom stereocenters. The fourth-order valence-electron chi connectivity index (χ4n) is 3.23. The van der Waals surface area contributed by atoms with Crippen molar-refractivity contribution >= 4 is 28.3 Å². The monoisotopic (exact) mass is 391 g/mol. The highest BCUT2D eigenvalue weighted by atomic mass is 35.5. The zero-order chi connectivity index (χ0) is 17.2. The number of hydrogen-bond donors (Lipinski definition) is 1. The van der Waals surface area contributed by atoms with E-state index in [0.29, 0.717) is 26.1 Å². The van der Waals surface area contributed by atoms with Gasteiger partial charge in [-0.25, -0.2) is 12.8 Å². The number of halogens is 2. The lowest BCUT2D eigenvalue weighted by Gasteiger charge is -2.24. The SMILES string of the molecule is Cl.O=C(C1CCCN1)N1CCCN(S(=O)(=O)c2ccc(F)cc2)CC1. The second-order valence-electron chi connectivity index (χ2n) is 6.19. The van der Waals surface area contributed by atoms with Crippen LogP contribution in [-0.2, 0) is 14.8 Å². The second kappa shape index (κ2) is 8.44. The van der Waals surface area contributed by atoms with Crippen LogP contribution in [0.15, 0.2) is 29.2 Å². The van der Waals surface area contributed by atoms with Crippen molar-refractivity contribution in [2.24, 2.45) is 0 Å². The number of nitrogens with zero attached hydrogens (tertiary/aromatic N) is 2. The standard InChI is InChI=1S/C16H22FN3O3S.ClH/c17-13-4-6-14(7-5-13)24(22,23)20-10-2-9-19(11-12-20)16(21)15-3-1-8-18-15;/h4-7,15,18H,1-3,8-12H2;1H. The van der Waals surface area contributed by atoms with E-state index in [2.05, 4.69) is 5.32 Å². The van der Waals surface area contributed by atoms with Crippen LogP contribution >= 0.6 is 12.4 Å². The maximum Gasteiger partial charge on any atom is 0.243 e. The summed E-state index contributed by atoms with van der Waals surface area (Å²) in [6.45, 7) is 2.43. The van der Waals surface area contributed by atoms with E-state index in [1.807, 2.05) is 0 Å². The number of hydrogen-bond acceptors (Lipinski definition) is 4. The van der Waals surface area contributed by atoms with Gasteiger partial charge in [0.05, 0.1) is 10.9 Å². The lowest BCUT2D eigenvalue weighted by molar-refractivity contribution is -0.132. The van der Waals surface area contributed by atoms with Crippen molar-refractivity contribution in [2.75, 3.05) is 32.7 Å². The van der Waals surface area contributed by atoms with Gasteiger partial charge in [-0.3, -0.25) is 4.79 Å². The predicted octanol–water partition coefficient (Wildman–Crippen LogP) is 1.22. The first-order valence-electron chi connectivity index (χ1n) is 8.26. The molecule has 25 heavy (non-hydrogen) atoms. The van der Waals surface area contributed by atoms with Gasteiger partial charge in [-0.15, -0.1) is 12.4 Å². The molecule has 0 radical (unpaired) electrons. The summed E-state index contributed by atoms with van der Waals surface area (Å²) < 4.78 is 39.7. The van der Waals surface area contributed by atoms with Gasteiger partial charge >= 0.3 is 0 Å². The van der Waals surface area contributed by atoms with Crippen LogP contribution in [0.25, 0.3) is 0 Å².